The third-order valence-corrected chi connectivity index (χ3v) is 5.66. The Labute approximate surface area is 189 Å². The highest BCUT2D eigenvalue weighted by Gasteiger charge is 2.14. The second-order valence-electron chi connectivity index (χ2n) is 7.79. The maximum Gasteiger partial charge on any atom is 0.159 e. The number of nitrogens with one attached hydrogen (secondary N) is 1. The van der Waals surface area contributed by atoms with Gasteiger partial charge in [0.1, 0.15) is 5.15 Å². The minimum atomic E-state index is 0. The van der Waals surface area contributed by atoms with Crippen molar-refractivity contribution < 1.29 is 4.74 Å². The smallest absolute Gasteiger partial charge is 0.159 e. The summed E-state index contributed by atoms with van der Waals surface area (Å²) in [7, 11) is 0. The van der Waals surface area contributed by atoms with Crippen LogP contribution in [0.1, 0.15) is 36.6 Å². The van der Waals surface area contributed by atoms with Gasteiger partial charge in [0, 0.05) is 49.7 Å². The Balaban J connectivity index is 0.00000256. The molecule has 1 aliphatic rings. The van der Waals surface area contributed by atoms with Gasteiger partial charge in [0.05, 0.1) is 19.4 Å². The summed E-state index contributed by atoms with van der Waals surface area (Å²) in [5.74, 6) is 0. The quantitative estimate of drug-likeness (QED) is 0.547. The maximum absolute atomic E-state index is 6.47. The zero-order valence-corrected chi connectivity index (χ0v) is 19.0. The van der Waals surface area contributed by atoms with E-state index < -0.39 is 0 Å². The lowest BCUT2D eigenvalue weighted by molar-refractivity contribution is 0.0340. The van der Waals surface area contributed by atoms with Gasteiger partial charge in [-0.3, -0.25) is 4.90 Å². The SMILES string of the molecule is CC(C)n1ncc2cc(CNCc3ccccc3CN3CCOCC3)c(Cl)nc21.Cl. The number of morpholine rings is 1. The molecule has 1 N–H and O–H groups in total. The van der Waals surface area contributed by atoms with Crippen LogP contribution in [0.4, 0.5) is 0 Å². The molecule has 6 nitrogen and oxygen atoms in total. The van der Waals surface area contributed by atoms with Gasteiger partial charge in [-0.05, 0) is 31.0 Å². The molecule has 4 rings (SSSR count). The molecule has 162 valence electrons. The van der Waals surface area contributed by atoms with Crippen LogP contribution in [-0.4, -0.2) is 46.0 Å². The lowest BCUT2D eigenvalue weighted by Crippen LogP contribution is -2.36. The molecule has 0 atom stereocenters. The van der Waals surface area contributed by atoms with E-state index in [1.165, 1.54) is 11.1 Å². The van der Waals surface area contributed by atoms with Crippen LogP contribution in [0.5, 0.6) is 0 Å². The van der Waals surface area contributed by atoms with Crippen molar-refractivity contribution in [2.75, 3.05) is 26.3 Å². The summed E-state index contributed by atoms with van der Waals surface area (Å²) in [5.41, 5.74) is 4.51. The fraction of sp³-hybridized carbons (Fsp3) is 0.455. The van der Waals surface area contributed by atoms with Crippen molar-refractivity contribution in [3.8, 4) is 0 Å². The standard InChI is InChI=1S/C22H28ClN5O.ClH/c1-16(2)28-22-20(14-25-28)11-19(21(23)26-22)13-24-12-17-5-3-4-6-18(17)15-27-7-9-29-10-8-27;/h3-6,11,14,16,24H,7-10,12-13,15H2,1-2H3;1H. The Morgan fingerprint density at radius 1 is 1.10 bits per heavy atom. The highest BCUT2D eigenvalue weighted by Crippen LogP contribution is 2.22. The lowest BCUT2D eigenvalue weighted by Gasteiger charge is -2.27. The molecule has 1 aromatic carbocycles. The molecule has 0 aliphatic carbocycles. The summed E-state index contributed by atoms with van der Waals surface area (Å²) >= 11 is 6.47. The molecular formula is C22H29Cl2N5O. The number of ether oxygens (including phenoxy) is 1. The van der Waals surface area contributed by atoms with E-state index in [4.69, 9.17) is 16.3 Å². The monoisotopic (exact) mass is 449 g/mol. The maximum atomic E-state index is 6.47. The molecule has 0 unspecified atom stereocenters. The number of halogens is 2. The largest absolute Gasteiger partial charge is 0.379 e. The molecule has 3 aromatic rings. The first kappa shape index (κ1) is 23.0. The third kappa shape index (κ3) is 5.31. The molecule has 0 spiro atoms. The van der Waals surface area contributed by atoms with Gasteiger partial charge in [-0.1, -0.05) is 35.9 Å². The summed E-state index contributed by atoms with van der Waals surface area (Å²) < 4.78 is 7.36. The van der Waals surface area contributed by atoms with Gasteiger partial charge in [-0.25, -0.2) is 9.67 Å². The van der Waals surface area contributed by atoms with E-state index in [2.05, 4.69) is 64.5 Å². The summed E-state index contributed by atoms with van der Waals surface area (Å²) in [4.78, 5) is 7.03. The van der Waals surface area contributed by atoms with Gasteiger partial charge in [0.15, 0.2) is 5.65 Å². The molecule has 1 saturated heterocycles. The van der Waals surface area contributed by atoms with Gasteiger partial charge in [0.2, 0.25) is 0 Å². The van der Waals surface area contributed by atoms with Gasteiger partial charge >= 0.3 is 0 Å². The summed E-state index contributed by atoms with van der Waals surface area (Å²) in [6.45, 7) is 10.2. The Morgan fingerprint density at radius 3 is 2.53 bits per heavy atom. The summed E-state index contributed by atoms with van der Waals surface area (Å²) in [5, 5.41) is 9.53. The van der Waals surface area contributed by atoms with Crippen LogP contribution in [0.15, 0.2) is 36.5 Å². The van der Waals surface area contributed by atoms with E-state index in [1.54, 1.807) is 0 Å². The van der Waals surface area contributed by atoms with Crippen LogP contribution in [0.2, 0.25) is 5.15 Å². The van der Waals surface area contributed by atoms with Crippen molar-refractivity contribution >= 4 is 35.0 Å². The zero-order valence-electron chi connectivity index (χ0n) is 17.5. The van der Waals surface area contributed by atoms with Crippen molar-refractivity contribution in [1.82, 2.24) is 25.0 Å². The van der Waals surface area contributed by atoms with E-state index in [1.807, 2.05) is 10.9 Å². The molecule has 1 fully saturated rings. The predicted octanol–water partition coefficient (Wildman–Crippen LogP) is 4.21. The number of rotatable bonds is 7. The number of benzene rings is 1. The highest BCUT2D eigenvalue weighted by molar-refractivity contribution is 6.30. The molecule has 0 bridgehead atoms. The minimum absolute atomic E-state index is 0. The Kier molecular flexibility index (Phi) is 8.08. The Hall–Kier alpha value is -1.70. The van der Waals surface area contributed by atoms with Crippen LogP contribution in [-0.2, 0) is 24.4 Å². The van der Waals surface area contributed by atoms with Crippen molar-refractivity contribution in [1.29, 1.82) is 0 Å². The van der Waals surface area contributed by atoms with Crippen LogP contribution >= 0.6 is 24.0 Å². The third-order valence-electron chi connectivity index (χ3n) is 5.33. The first-order chi connectivity index (χ1) is 14.1. The second-order valence-corrected chi connectivity index (χ2v) is 8.15. The van der Waals surface area contributed by atoms with Crippen LogP contribution in [0, 0.1) is 0 Å². The number of hydrogen-bond donors (Lipinski definition) is 1. The van der Waals surface area contributed by atoms with E-state index in [9.17, 15) is 0 Å². The second kappa shape index (κ2) is 10.6. The van der Waals surface area contributed by atoms with Crippen molar-refractivity contribution in [3.63, 3.8) is 0 Å². The Bertz CT molecular complexity index is 969. The Morgan fingerprint density at radius 2 is 1.80 bits per heavy atom. The molecule has 1 aliphatic heterocycles. The fourth-order valence-corrected chi connectivity index (χ4v) is 3.92. The molecule has 2 aromatic heterocycles. The number of fused-ring (bicyclic) bond motifs is 1. The number of hydrogen-bond acceptors (Lipinski definition) is 5. The topological polar surface area (TPSA) is 55.2 Å². The van der Waals surface area contributed by atoms with Gasteiger partial charge in [0.25, 0.3) is 0 Å². The lowest BCUT2D eigenvalue weighted by atomic mass is 10.1. The molecule has 3 heterocycles. The zero-order chi connectivity index (χ0) is 20.2. The first-order valence-electron chi connectivity index (χ1n) is 10.2. The van der Waals surface area contributed by atoms with E-state index in [0.717, 1.165) is 56.0 Å². The first-order valence-corrected chi connectivity index (χ1v) is 10.6. The molecular weight excluding hydrogens is 421 g/mol. The van der Waals surface area contributed by atoms with E-state index in [-0.39, 0.29) is 18.4 Å². The van der Waals surface area contributed by atoms with Gasteiger partial charge in [-0.15, -0.1) is 12.4 Å². The summed E-state index contributed by atoms with van der Waals surface area (Å²) in [6.07, 6.45) is 1.86. The van der Waals surface area contributed by atoms with E-state index in [0.29, 0.717) is 11.7 Å². The molecule has 8 heteroatoms. The van der Waals surface area contributed by atoms with Crippen LogP contribution in [0.3, 0.4) is 0 Å². The molecule has 0 saturated carbocycles. The van der Waals surface area contributed by atoms with Crippen molar-refractivity contribution in [3.05, 3.63) is 58.4 Å². The number of aromatic nitrogens is 3. The van der Waals surface area contributed by atoms with Gasteiger partial charge in [-0.2, -0.15) is 5.10 Å². The summed E-state index contributed by atoms with van der Waals surface area (Å²) in [6, 6.07) is 11.0. The van der Waals surface area contributed by atoms with Gasteiger partial charge < -0.3 is 10.1 Å². The normalized spacial score (nSPS) is 14.9. The fourth-order valence-electron chi connectivity index (χ4n) is 3.72. The van der Waals surface area contributed by atoms with E-state index >= 15 is 0 Å². The van der Waals surface area contributed by atoms with Crippen LogP contribution in [0.25, 0.3) is 11.0 Å². The molecule has 30 heavy (non-hydrogen) atoms. The number of nitrogens with zero attached hydrogens (tertiary/aromatic N) is 4. The molecule has 0 radical (unpaired) electrons. The predicted molar refractivity (Wildman–Crippen MR) is 123 cm³/mol. The number of pyridine rings is 1. The average molecular weight is 450 g/mol. The molecule has 0 amide bonds. The van der Waals surface area contributed by atoms with Crippen molar-refractivity contribution in [2.45, 2.75) is 39.5 Å². The average Bonchev–Trinajstić information content (AvgIpc) is 3.13. The van der Waals surface area contributed by atoms with Crippen molar-refractivity contribution in [2.24, 2.45) is 0 Å². The minimum Gasteiger partial charge on any atom is -0.379 e. The van der Waals surface area contributed by atoms with Crippen LogP contribution < -0.4 is 5.32 Å². The highest BCUT2D eigenvalue weighted by atomic mass is 35.5.